The number of hydrogen-bond donors (Lipinski definition) is 1. The fourth-order valence-electron chi connectivity index (χ4n) is 1.92. The van der Waals surface area contributed by atoms with Gasteiger partial charge in [-0.1, -0.05) is 0 Å². The van der Waals surface area contributed by atoms with Crippen molar-refractivity contribution >= 4 is 6.09 Å². The summed E-state index contributed by atoms with van der Waals surface area (Å²) in [5, 5.41) is 17.7. The number of carboxylic acid groups (broad SMARTS) is 1. The number of amides is 1. The first-order chi connectivity index (χ1) is 8.69. The average Bonchev–Trinajstić information content (AvgIpc) is 2.39. The second-order valence-corrected chi connectivity index (χ2v) is 4.11. The fourth-order valence-corrected chi connectivity index (χ4v) is 1.92. The highest BCUT2D eigenvalue weighted by Crippen LogP contribution is 2.17. The molecular formula is C12H13N3O3. The van der Waals surface area contributed by atoms with Gasteiger partial charge in [-0.25, -0.2) is 9.78 Å². The van der Waals surface area contributed by atoms with Crippen molar-refractivity contribution in [2.24, 2.45) is 0 Å². The van der Waals surface area contributed by atoms with Crippen LogP contribution in [0.4, 0.5) is 4.79 Å². The van der Waals surface area contributed by atoms with Crippen molar-refractivity contribution in [1.82, 2.24) is 9.88 Å². The van der Waals surface area contributed by atoms with Gasteiger partial charge in [0.05, 0.1) is 18.2 Å². The lowest BCUT2D eigenvalue weighted by Gasteiger charge is -2.30. The van der Waals surface area contributed by atoms with Crippen LogP contribution in [0.25, 0.3) is 0 Å². The van der Waals surface area contributed by atoms with Crippen molar-refractivity contribution in [3.8, 4) is 11.9 Å². The molecule has 18 heavy (non-hydrogen) atoms. The zero-order valence-electron chi connectivity index (χ0n) is 9.74. The largest absolute Gasteiger partial charge is 0.472 e. The van der Waals surface area contributed by atoms with E-state index in [1.807, 2.05) is 6.07 Å². The van der Waals surface area contributed by atoms with E-state index in [0.717, 1.165) is 12.8 Å². The van der Waals surface area contributed by atoms with E-state index in [-0.39, 0.29) is 6.10 Å². The van der Waals surface area contributed by atoms with E-state index in [2.05, 4.69) is 4.98 Å². The van der Waals surface area contributed by atoms with E-state index in [4.69, 9.17) is 15.1 Å². The molecule has 1 unspecified atom stereocenters. The highest BCUT2D eigenvalue weighted by molar-refractivity contribution is 5.65. The second kappa shape index (κ2) is 5.36. The summed E-state index contributed by atoms with van der Waals surface area (Å²) in [6.07, 6.45) is 1.95. The van der Waals surface area contributed by atoms with Crippen LogP contribution < -0.4 is 4.74 Å². The van der Waals surface area contributed by atoms with Gasteiger partial charge in [-0.15, -0.1) is 0 Å². The molecule has 1 aromatic rings. The van der Waals surface area contributed by atoms with E-state index < -0.39 is 6.09 Å². The van der Waals surface area contributed by atoms with Gasteiger partial charge in [-0.05, 0) is 18.9 Å². The van der Waals surface area contributed by atoms with Crippen LogP contribution in [0.3, 0.4) is 0 Å². The molecule has 2 rings (SSSR count). The number of piperidine rings is 1. The van der Waals surface area contributed by atoms with Crippen LogP contribution in [0.5, 0.6) is 5.88 Å². The first kappa shape index (κ1) is 12.2. The predicted octanol–water partition coefficient (Wildman–Crippen LogP) is 1.47. The third-order valence-electron chi connectivity index (χ3n) is 2.80. The van der Waals surface area contributed by atoms with Gasteiger partial charge in [0, 0.05) is 18.8 Å². The summed E-state index contributed by atoms with van der Waals surface area (Å²) in [7, 11) is 0. The summed E-state index contributed by atoms with van der Waals surface area (Å²) in [5.41, 5.74) is 0.478. The molecule has 1 aliphatic rings. The monoisotopic (exact) mass is 247 g/mol. The summed E-state index contributed by atoms with van der Waals surface area (Å²) in [4.78, 5) is 16.2. The summed E-state index contributed by atoms with van der Waals surface area (Å²) in [6.45, 7) is 0.884. The highest BCUT2D eigenvalue weighted by atomic mass is 16.5. The average molecular weight is 247 g/mol. The van der Waals surface area contributed by atoms with Crippen LogP contribution in [-0.2, 0) is 0 Å². The molecule has 1 aromatic heterocycles. The Morgan fingerprint density at radius 1 is 1.67 bits per heavy atom. The van der Waals surface area contributed by atoms with E-state index in [1.54, 1.807) is 12.1 Å². The zero-order chi connectivity index (χ0) is 13.0. The summed E-state index contributed by atoms with van der Waals surface area (Å²) in [6, 6.07) is 5.16. The smallest absolute Gasteiger partial charge is 0.407 e. The number of nitriles is 1. The van der Waals surface area contributed by atoms with Crippen LogP contribution >= 0.6 is 0 Å². The molecule has 2 heterocycles. The molecule has 1 amide bonds. The third-order valence-corrected chi connectivity index (χ3v) is 2.80. The minimum absolute atomic E-state index is 0.198. The lowest BCUT2D eigenvalue weighted by molar-refractivity contribution is 0.0767. The third kappa shape index (κ3) is 2.88. The molecule has 1 aliphatic heterocycles. The molecular weight excluding hydrogens is 234 g/mol. The number of nitrogens with zero attached hydrogens (tertiary/aromatic N) is 3. The van der Waals surface area contributed by atoms with E-state index >= 15 is 0 Å². The molecule has 6 nitrogen and oxygen atoms in total. The van der Waals surface area contributed by atoms with Gasteiger partial charge in [-0.3, -0.25) is 0 Å². The molecule has 0 saturated carbocycles. The van der Waals surface area contributed by atoms with Crippen LogP contribution in [0.2, 0.25) is 0 Å². The Morgan fingerprint density at radius 2 is 2.50 bits per heavy atom. The Kier molecular flexibility index (Phi) is 3.63. The molecule has 1 atom stereocenters. The van der Waals surface area contributed by atoms with Crippen molar-refractivity contribution < 1.29 is 14.6 Å². The van der Waals surface area contributed by atoms with Gasteiger partial charge in [0.25, 0.3) is 0 Å². The number of likely N-dealkylation sites (tertiary alicyclic amines) is 1. The van der Waals surface area contributed by atoms with Crippen molar-refractivity contribution in [3.63, 3.8) is 0 Å². The number of rotatable bonds is 2. The molecule has 94 valence electrons. The summed E-state index contributed by atoms with van der Waals surface area (Å²) < 4.78 is 5.61. The molecule has 0 aromatic carbocycles. The Morgan fingerprint density at radius 3 is 3.22 bits per heavy atom. The normalized spacial score (nSPS) is 19.1. The van der Waals surface area contributed by atoms with E-state index in [1.165, 1.54) is 11.1 Å². The minimum Gasteiger partial charge on any atom is -0.472 e. The SMILES string of the molecule is N#Cc1ccnc(OC2CCCN(C(=O)O)C2)c1. The maximum absolute atomic E-state index is 10.9. The van der Waals surface area contributed by atoms with Gasteiger partial charge in [0.1, 0.15) is 6.10 Å². The number of ether oxygens (including phenoxy) is 1. The molecule has 0 bridgehead atoms. The zero-order valence-corrected chi connectivity index (χ0v) is 9.74. The number of carbonyl (C=O) groups is 1. The Labute approximate surface area is 104 Å². The first-order valence-electron chi connectivity index (χ1n) is 5.69. The van der Waals surface area contributed by atoms with E-state index in [9.17, 15) is 4.79 Å². The molecule has 0 spiro atoms. The first-order valence-corrected chi connectivity index (χ1v) is 5.69. The Hall–Kier alpha value is -2.29. The van der Waals surface area contributed by atoms with Crippen LogP contribution in [-0.4, -0.2) is 40.3 Å². The number of pyridine rings is 1. The van der Waals surface area contributed by atoms with Gasteiger partial charge in [0.15, 0.2) is 0 Å². The predicted molar refractivity (Wildman–Crippen MR) is 62.2 cm³/mol. The molecule has 1 fully saturated rings. The molecule has 0 radical (unpaired) electrons. The highest BCUT2D eigenvalue weighted by Gasteiger charge is 2.24. The number of aromatic nitrogens is 1. The molecule has 6 heteroatoms. The van der Waals surface area contributed by atoms with Gasteiger partial charge >= 0.3 is 6.09 Å². The van der Waals surface area contributed by atoms with E-state index in [0.29, 0.717) is 24.5 Å². The van der Waals surface area contributed by atoms with Crippen molar-refractivity contribution in [2.75, 3.05) is 13.1 Å². The maximum atomic E-state index is 10.9. The molecule has 0 aliphatic carbocycles. The summed E-state index contributed by atoms with van der Waals surface area (Å²) in [5.74, 6) is 0.367. The Balaban J connectivity index is 2.00. The van der Waals surface area contributed by atoms with Crippen LogP contribution in [0.15, 0.2) is 18.3 Å². The standard InChI is InChI=1S/C12H13N3O3/c13-7-9-3-4-14-11(6-9)18-10-2-1-5-15(8-10)12(16)17/h3-4,6,10H,1-2,5,8H2,(H,16,17). The molecule has 1 N–H and O–H groups in total. The van der Waals surface area contributed by atoms with Gasteiger partial charge in [-0.2, -0.15) is 5.26 Å². The summed E-state index contributed by atoms with van der Waals surface area (Å²) >= 11 is 0. The fraction of sp³-hybridized carbons (Fsp3) is 0.417. The van der Waals surface area contributed by atoms with Crippen molar-refractivity contribution in [1.29, 1.82) is 5.26 Å². The molecule has 1 saturated heterocycles. The lowest BCUT2D eigenvalue weighted by Crippen LogP contribution is -2.43. The lowest BCUT2D eigenvalue weighted by atomic mass is 10.1. The quantitative estimate of drug-likeness (QED) is 0.855. The van der Waals surface area contributed by atoms with Gasteiger partial charge in [0.2, 0.25) is 5.88 Å². The van der Waals surface area contributed by atoms with Crippen LogP contribution in [0.1, 0.15) is 18.4 Å². The van der Waals surface area contributed by atoms with Crippen LogP contribution in [0, 0.1) is 11.3 Å². The van der Waals surface area contributed by atoms with Crippen molar-refractivity contribution in [2.45, 2.75) is 18.9 Å². The second-order valence-electron chi connectivity index (χ2n) is 4.11. The number of hydrogen-bond acceptors (Lipinski definition) is 4. The Bertz CT molecular complexity index is 484. The van der Waals surface area contributed by atoms with Crippen molar-refractivity contribution in [3.05, 3.63) is 23.9 Å². The minimum atomic E-state index is -0.929. The maximum Gasteiger partial charge on any atom is 0.407 e. The van der Waals surface area contributed by atoms with Gasteiger partial charge < -0.3 is 14.7 Å². The topological polar surface area (TPSA) is 86.5 Å².